The van der Waals surface area contributed by atoms with Crippen LogP contribution in [0.5, 0.6) is 0 Å². The Kier molecular flexibility index (Phi) is 3.28. The molecule has 2 fully saturated rings. The van der Waals surface area contributed by atoms with Crippen LogP contribution in [-0.2, 0) is 4.74 Å². The van der Waals surface area contributed by atoms with E-state index in [2.05, 4.69) is 17.9 Å². The van der Waals surface area contributed by atoms with Gasteiger partial charge in [-0.2, -0.15) is 5.26 Å². The van der Waals surface area contributed by atoms with Crippen molar-refractivity contribution >= 4 is 0 Å². The Labute approximate surface area is 92.0 Å². The normalized spacial score (nSPS) is 37.5. The van der Waals surface area contributed by atoms with E-state index in [0.29, 0.717) is 24.1 Å². The monoisotopic (exact) mass is 208 g/mol. The van der Waals surface area contributed by atoms with Gasteiger partial charge in [-0.3, -0.25) is 4.90 Å². The Bertz CT molecular complexity index is 247. The first-order chi connectivity index (χ1) is 7.24. The number of nitriles is 1. The van der Waals surface area contributed by atoms with Crippen LogP contribution in [-0.4, -0.2) is 36.7 Å². The second-order valence-corrected chi connectivity index (χ2v) is 4.93. The van der Waals surface area contributed by atoms with Gasteiger partial charge in [0.05, 0.1) is 12.2 Å². The lowest BCUT2D eigenvalue weighted by Gasteiger charge is -2.37. The third-order valence-corrected chi connectivity index (χ3v) is 3.94. The molecule has 84 valence electrons. The van der Waals surface area contributed by atoms with Gasteiger partial charge in [-0.25, -0.2) is 0 Å². The van der Waals surface area contributed by atoms with Crippen molar-refractivity contribution in [2.45, 2.75) is 50.8 Å². The first kappa shape index (κ1) is 10.9. The van der Waals surface area contributed by atoms with Crippen LogP contribution in [0.1, 0.15) is 32.6 Å². The molecule has 2 bridgehead atoms. The smallest absolute Gasteiger partial charge is 0.0670 e. The first-order valence-electron chi connectivity index (χ1n) is 5.92. The maximum absolute atomic E-state index is 8.98. The summed E-state index contributed by atoms with van der Waals surface area (Å²) in [6.45, 7) is 3.15. The second kappa shape index (κ2) is 4.51. The molecule has 0 aromatic rings. The molecule has 2 heterocycles. The van der Waals surface area contributed by atoms with Crippen LogP contribution in [0.15, 0.2) is 0 Å². The van der Waals surface area contributed by atoms with Crippen molar-refractivity contribution in [3.05, 3.63) is 0 Å². The summed E-state index contributed by atoms with van der Waals surface area (Å²) < 4.78 is 5.32. The lowest BCUT2D eigenvalue weighted by molar-refractivity contribution is 0.0358. The van der Waals surface area contributed by atoms with Crippen molar-refractivity contribution in [2.24, 2.45) is 5.92 Å². The zero-order chi connectivity index (χ0) is 10.8. The summed E-state index contributed by atoms with van der Waals surface area (Å²) in [6, 6.07) is 3.72. The van der Waals surface area contributed by atoms with Crippen molar-refractivity contribution < 1.29 is 4.74 Å². The van der Waals surface area contributed by atoms with Crippen molar-refractivity contribution in [2.75, 3.05) is 13.7 Å². The largest absolute Gasteiger partial charge is 0.380 e. The van der Waals surface area contributed by atoms with Gasteiger partial charge in [-0.1, -0.05) is 0 Å². The van der Waals surface area contributed by atoms with Crippen molar-refractivity contribution in [3.8, 4) is 6.07 Å². The molecular formula is C12H20N2O. The Morgan fingerprint density at radius 1 is 1.40 bits per heavy atom. The Balaban J connectivity index is 1.96. The van der Waals surface area contributed by atoms with Crippen LogP contribution in [0.4, 0.5) is 0 Å². The van der Waals surface area contributed by atoms with Crippen molar-refractivity contribution in [1.82, 2.24) is 4.90 Å². The Morgan fingerprint density at radius 3 is 2.47 bits per heavy atom. The molecule has 0 aromatic heterocycles. The molecule has 15 heavy (non-hydrogen) atoms. The molecule has 0 aliphatic carbocycles. The first-order valence-corrected chi connectivity index (χ1v) is 5.92. The molecule has 0 radical (unpaired) electrons. The van der Waals surface area contributed by atoms with E-state index in [1.807, 2.05) is 0 Å². The van der Waals surface area contributed by atoms with E-state index < -0.39 is 0 Å². The number of piperidine rings is 1. The highest BCUT2D eigenvalue weighted by Crippen LogP contribution is 2.38. The summed E-state index contributed by atoms with van der Waals surface area (Å²) in [7, 11) is 1.77. The van der Waals surface area contributed by atoms with E-state index in [4.69, 9.17) is 10.00 Å². The molecule has 0 aromatic carbocycles. The molecule has 0 N–H and O–H groups in total. The van der Waals surface area contributed by atoms with E-state index in [-0.39, 0.29) is 0 Å². The fraction of sp³-hybridized carbons (Fsp3) is 0.917. The quantitative estimate of drug-likeness (QED) is 0.709. The minimum atomic E-state index is 0.302. The molecule has 3 heteroatoms. The van der Waals surface area contributed by atoms with Crippen LogP contribution in [0.25, 0.3) is 0 Å². The fourth-order valence-electron chi connectivity index (χ4n) is 3.05. The molecule has 2 unspecified atom stereocenters. The zero-order valence-electron chi connectivity index (χ0n) is 9.65. The van der Waals surface area contributed by atoms with Gasteiger partial charge in [0.25, 0.3) is 0 Å². The molecule has 0 spiro atoms. The summed E-state index contributed by atoms with van der Waals surface area (Å²) in [5.41, 5.74) is 0. The summed E-state index contributed by atoms with van der Waals surface area (Å²) in [5.74, 6) is 0.302. The number of ether oxygens (including phenoxy) is 1. The molecule has 0 saturated carbocycles. The van der Waals surface area contributed by atoms with Gasteiger partial charge < -0.3 is 4.74 Å². The fourth-order valence-corrected chi connectivity index (χ4v) is 3.05. The summed E-state index contributed by atoms with van der Waals surface area (Å²) in [6.07, 6.45) is 5.01. The minimum absolute atomic E-state index is 0.302. The van der Waals surface area contributed by atoms with Gasteiger partial charge in [-0.05, 0) is 32.6 Å². The predicted molar refractivity (Wildman–Crippen MR) is 58.3 cm³/mol. The van der Waals surface area contributed by atoms with Crippen LogP contribution in [0, 0.1) is 17.2 Å². The summed E-state index contributed by atoms with van der Waals surface area (Å²) in [4.78, 5) is 2.57. The molecule has 3 atom stereocenters. The number of nitrogens with zero attached hydrogens (tertiary/aromatic N) is 2. The highest BCUT2D eigenvalue weighted by Gasteiger charge is 2.40. The van der Waals surface area contributed by atoms with Crippen LogP contribution in [0.3, 0.4) is 0 Å². The van der Waals surface area contributed by atoms with Gasteiger partial charge in [0, 0.05) is 31.7 Å². The van der Waals surface area contributed by atoms with Crippen LogP contribution >= 0.6 is 0 Å². The maximum Gasteiger partial charge on any atom is 0.0670 e. The highest BCUT2D eigenvalue weighted by atomic mass is 16.5. The number of hydrogen-bond acceptors (Lipinski definition) is 3. The zero-order valence-corrected chi connectivity index (χ0v) is 9.65. The van der Waals surface area contributed by atoms with Crippen LogP contribution < -0.4 is 0 Å². The lowest BCUT2D eigenvalue weighted by atomic mass is 9.92. The molecule has 2 rings (SSSR count). The molecule has 2 aliphatic heterocycles. The minimum Gasteiger partial charge on any atom is -0.380 e. The average Bonchev–Trinajstić information content (AvgIpc) is 2.51. The van der Waals surface area contributed by atoms with Crippen LogP contribution in [0.2, 0.25) is 0 Å². The maximum atomic E-state index is 8.98. The standard InChI is InChI=1S/C12H20N2O/c1-9(15-2)8-14-11-3-4-12(14)6-10(5-11)7-13/h9-12H,3-6,8H2,1-2H3/t9-,10?,11?,12?/m0/s1. The Morgan fingerprint density at radius 2 is 2.00 bits per heavy atom. The predicted octanol–water partition coefficient (Wildman–Crippen LogP) is 1.79. The van der Waals surface area contributed by atoms with Gasteiger partial charge in [0.15, 0.2) is 0 Å². The summed E-state index contributed by atoms with van der Waals surface area (Å²) in [5, 5.41) is 8.98. The van der Waals surface area contributed by atoms with Crippen molar-refractivity contribution in [1.29, 1.82) is 5.26 Å². The average molecular weight is 208 g/mol. The number of hydrogen-bond donors (Lipinski definition) is 0. The van der Waals surface area contributed by atoms with E-state index in [0.717, 1.165) is 19.4 Å². The Hall–Kier alpha value is -0.590. The van der Waals surface area contributed by atoms with E-state index in [1.54, 1.807) is 7.11 Å². The molecular weight excluding hydrogens is 188 g/mol. The topological polar surface area (TPSA) is 36.3 Å². The van der Waals surface area contributed by atoms with Gasteiger partial charge >= 0.3 is 0 Å². The third kappa shape index (κ3) is 2.16. The molecule has 3 nitrogen and oxygen atoms in total. The number of rotatable bonds is 3. The SMILES string of the molecule is CO[C@@H](C)CN1C2CCC1CC(C#N)C2. The third-order valence-electron chi connectivity index (χ3n) is 3.94. The number of fused-ring (bicyclic) bond motifs is 2. The molecule has 0 amide bonds. The van der Waals surface area contributed by atoms with Crippen molar-refractivity contribution in [3.63, 3.8) is 0 Å². The van der Waals surface area contributed by atoms with Gasteiger partial charge in [0.1, 0.15) is 0 Å². The molecule has 2 saturated heterocycles. The summed E-state index contributed by atoms with van der Waals surface area (Å²) >= 11 is 0. The second-order valence-electron chi connectivity index (χ2n) is 4.93. The molecule has 2 aliphatic rings. The number of methoxy groups -OCH3 is 1. The van der Waals surface area contributed by atoms with E-state index in [1.165, 1.54) is 12.8 Å². The van der Waals surface area contributed by atoms with E-state index in [9.17, 15) is 0 Å². The van der Waals surface area contributed by atoms with Gasteiger partial charge in [0.2, 0.25) is 0 Å². The van der Waals surface area contributed by atoms with Gasteiger partial charge in [-0.15, -0.1) is 0 Å². The lowest BCUT2D eigenvalue weighted by Crippen LogP contribution is -2.46. The highest BCUT2D eigenvalue weighted by molar-refractivity contribution is 5.01. The van der Waals surface area contributed by atoms with E-state index >= 15 is 0 Å².